The molecule has 1 fully saturated rings. The van der Waals surface area contributed by atoms with E-state index in [-0.39, 0.29) is 6.42 Å². The summed E-state index contributed by atoms with van der Waals surface area (Å²) >= 11 is 0. The summed E-state index contributed by atoms with van der Waals surface area (Å²) in [5.74, 6) is -0.694. The number of nitrogens with one attached hydrogen (secondary N) is 1. The average Bonchev–Trinajstić information content (AvgIpc) is 3.23. The van der Waals surface area contributed by atoms with Gasteiger partial charge in [0.05, 0.1) is 25.4 Å². The lowest BCUT2D eigenvalue weighted by Crippen LogP contribution is -2.60. The van der Waals surface area contributed by atoms with Crippen molar-refractivity contribution in [2.24, 2.45) is 0 Å². The van der Waals surface area contributed by atoms with Crippen molar-refractivity contribution >= 4 is 5.91 Å². The average molecular weight is 846 g/mol. The zero-order valence-corrected chi connectivity index (χ0v) is 38.0. The minimum atomic E-state index is -1.66. The molecule has 8 N–H and O–H groups in total. The molecule has 1 amide bonds. The van der Waals surface area contributed by atoms with Crippen molar-refractivity contribution in [2.75, 3.05) is 13.2 Å². The molecule has 352 valence electrons. The summed E-state index contributed by atoms with van der Waals surface area (Å²) in [6.07, 6.45) is 28.9. The van der Waals surface area contributed by atoms with E-state index in [0.29, 0.717) is 19.3 Å². The Kier molecular flexibility index (Phi) is 36.9. The molecule has 1 rings (SSSR count). The maximum Gasteiger partial charge on any atom is 0.249 e. The summed E-state index contributed by atoms with van der Waals surface area (Å²) < 4.78 is 11.1. The van der Waals surface area contributed by atoms with Gasteiger partial charge in [-0.3, -0.25) is 4.79 Å². The SMILES string of the molecule is CCCCCCCCCCCCCCCCCCCCCCCCCC(O)C(=O)NC(COC1OC(CO)C(O)C(O)C1O)C(O)C(O)CCCCCCCCCCC. The number of hydrogen-bond acceptors (Lipinski definition) is 10. The number of carbonyl (C=O) groups is 1. The van der Waals surface area contributed by atoms with E-state index in [2.05, 4.69) is 19.2 Å². The van der Waals surface area contributed by atoms with Crippen LogP contribution in [0, 0.1) is 0 Å². The zero-order valence-electron chi connectivity index (χ0n) is 38.0. The van der Waals surface area contributed by atoms with Crippen molar-refractivity contribution in [3.05, 3.63) is 0 Å². The number of unbranched alkanes of at least 4 members (excludes halogenated alkanes) is 30. The first kappa shape index (κ1) is 56.1. The number of carbonyl (C=O) groups excluding carboxylic acids is 1. The molecule has 0 aliphatic carbocycles. The monoisotopic (exact) mass is 846 g/mol. The van der Waals surface area contributed by atoms with Gasteiger partial charge in [-0.15, -0.1) is 0 Å². The second-order valence-corrected chi connectivity index (χ2v) is 17.9. The molecule has 0 aromatic rings. The number of amides is 1. The Morgan fingerprint density at radius 1 is 0.525 bits per heavy atom. The highest BCUT2D eigenvalue weighted by atomic mass is 16.7. The Morgan fingerprint density at radius 3 is 1.25 bits per heavy atom. The maximum atomic E-state index is 13.1. The Morgan fingerprint density at radius 2 is 0.881 bits per heavy atom. The third-order valence-electron chi connectivity index (χ3n) is 12.4. The molecular weight excluding hydrogens is 751 g/mol. The van der Waals surface area contributed by atoms with E-state index in [4.69, 9.17) is 9.47 Å². The largest absolute Gasteiger partial charge is 0.394 e. The van der Waals surface area contributed by atoms with Gasteiger partial charge < -0.3 is 50.5 Å². The van der Waals surface area contributed by atoms with Gasteiger partial charge in [0.2, 0.25) is 5.91 Å². The highest BCUT2D eigenvalue weighted by Gasteiger charge is 2.44. The van der Waals surface area contributed by atoms with Crippen molar-refractivity contribution in [1.29, 1.82) is 0 Å². The molecule has 0 bridgehead atoms. The lowest BCUT2D eigenvalue weighted by molar-refractivity contribution is -0.303. The van der Waals surface area contributed by atoms with Gasteiger partial charge in [0.1, 0.15) is 36.6 Å². The molecular formula is C48H95NO10. The summed E-state index contributed by atoms with van der Waals surface area (Å²) in [6.45, 7) is 3.43. The van der Waals surface area contributed by atoms with E-state index in [0.717, 1.165) is 38.5 Å². The van der Waals surface area contributed by atoms with Gasteiger partial charge in [0.25, 0.3) is 0 Å². The molecule has 1 heterocycles. The maximum absolute atomic E-state index is 13.1. The predicted octanol–water partition coefficient (Wildman–Crippen LogP) is 8.67. The molecule has 59 heavy (non-hydrogen) atoms. The third kappa shape index (κ3) is 28.4. The van der Waals surface area contributed by atoms with E-state index in [9.17, 15) is 40.5 Å². The van der Waals surface area contributed by atoms with E-state index in [1.807, 2.05) is 0 Å². The predicted molar refractivity (Wildman–Crippen MR) is 238 cm³/mol. The molecule has 0 aromatic carbocycles. The van der Waals surface area contributed by atoms with E-state index < -0.39 is 74.2 Å². The number of hydrogen-bond donors (Lipinski definition) is 8. The molecule has 9 atom stereocenters. The van der Waals surface area contributed by atoms with Crippen LogP contribution in [-0.4, -0.2) is 110 Å². The fourth-order valence-corrected chi connectivity index (χ4v) is 8.27. The van der Waals surface area contributed by atoms with Gasteiger partial charge in [-0.1, -0.05) is 219 Å². The minimum Gasteiger partial charge on any atom is -0.394 e. The Hall–Kier alpha value is -0.890. The van der Waals surface area contributed by atoms with Crippen molar-refractivity contribution < 1.29 is 50.0 Å². The summed E-state index contributed by atoms with van der Waals surface area (Å²) in [4.78, 5) is 13.1. The molecule has 1 saturated heterocycles. The van der Waals surface area contributed by atoms with Gasteiger partial charge in [-0.25, -0.2) is 0 Å². The standard InChI is InChI=1S/C48H95NO10/c1-3-5-7-9-11-13-14-15-16-17-18-19-20-21-22-23-24-25-26-28-30-32-34-36-41(52)47(57)49-39(38-58-48-46(56)45(55)44(54)42(37-50)59-48)43(53)40(51)35-33-31-29-27-12-10-8-6-4-2/h39-46,48,50-56H,3-38H2,1-2H3,(H,49,57). The van der Waals surface area contributed by atoms with Gasteiger partial charge >= 0.3 is 0 Å². The molecule has 11 nitrogen and oxygen atoms in total. The quantitative estimate of drug-likeness (QED) is 0.0276. The Balaban J connectivity index is 2.29. The summed E-state index contributed by atoms with van der Waals surface area (Å²) in [5.41, 5.74) is 0. The smallest absolute Gasteiger partial charge is 0.249 e. The van der Waals surface area contributed by atoms with Crippen LogP contribution in [0.2, 0.25) is 0 Å². The number of rotatable bonds is 42. The minimum absolute atomic E-state index is 0.266. The lowest BCUT2D eigenvalue weighted by atomic mass is 9.98. The van der Waals surface area contributed by atoms with Crippen LogP contribution in [0.1, 0.15) is 232 Å². The van der Waals surface area contributed by atoms with Crippen LogP contribution in [0.5, 0.6) is 0 Å². The van der Waals surface area contributed by atoms with Crippen LogP contribution in [0.4, 0.5) is 0 Å². The van der Waals surface area contributed by atoms with Crippen LogP contribution in [0.3, 0.4) is 0 Å². The van der Waals surface area contributed by atoms with E-state index >= 15 is 0 Å². The van der Waals surface area contributed by atoms with Crippen molar-refractivity contribution in [1.82, 2.24) is 5.32 Å². The first-order valence-corrected chi connectivity index (χ1v) is 24.9. The van der Waals surface area contributed by atoms with Crippen molar-refractivity contribution in [2.45, 2.75) is 287 Å². The molecule has 0 radical (unpaired) electrons. The van der Waals surface area contributed by atoms with Gasteiger partial charge in [-0.2, -0.15) is 0 Å². The molecule has 11 heteroatoms. The normalized spacial score (nSPS) is 21.7. The molecule has 0 aromatic heterocycles. The molecule has 0 saturated carbocycles. The summed E-state index contributed by atoms with van der Waals surface area (Å²) in [5, 5.41) is 75.6. The van der Waals surface area contributed by atoms with E-state index in [1.54, 1.807) is 0 Å². The number of aliphatic hydroxyl groups excluding tert-OH is 7. The first-order valence-electron chi connectivity index (χ1n) is 24.9. The van der Waals surface area contributed by atoms with Crippen LogP contribution in [0.25, 0.3) is 0 Å². The number of aliphatic hydroxyl groups is 7. The highest BCUT2D eigenvalue weighted by molar-refractivity contribution is 5.80. The van der Waals surface area contributed by atoms with Crippen LogP contribution in [0.15, 0.2) is 0 Å². The Bertz CT molecular complexity index is 928. The second kappa shape index (κ2) is 38.8. The van der Waals surface area contributed by atoms with Crippen LogP contribution in [-0.2, 0) is 14.3 Å². The molecule has 1 aliphatic heterocycles. The Labute approximate surface area is 360 Å². The number of ether oxygens (including phenoxy) is 2. The van der Waals surface area contributed by atoms with Crippen LogP contribution >= 0.6 is 0 Å². The molecule has 0 spiro atoms. The van der Waals surface area contributed by atoms with E-state index in [1.165, 1.54) is 154 Å². The molecule has 1 aliphatic rings. The third-order valence-corrected chi connectivity index (χ3v) is 12.4. The first-order chi connectivity index (χ1) is 28.7. The van der Waals surface area contributed by atoms with Crippen LogP contribution < -0.4 is 5.32 Å². The van der Waals surface area contributed by atoms with Crippen molar-refractivity contribution in [3.8, 4) is 0 Å². The lowest BCUT2D eigenvalue weighted by Gasteiger charge is -2.40. The fourth-order valence-electron chi connectivity index (χ4n) is 8.27. The van der Waals surface area contributed by atoms with Crippen molar-refractivity contribution in [3.63, 3.8) is 0 Å². The topological polar surface area (TPSA) is 189 Å². The van der Waals surface area contributed by atoms with Gasteiger partial charge in [0, 0.05) is 0 Å². The second-order valence-electron chi connectivity index (χ2n) is 17.9. The highest BCUT2D eigenvalue weighted by Crippen LogP contribution is 2.23. The summed E-state index contributed by atoms with van der Waals surface area (Å²) in [7, 11) is 0. The van der Waals surface area contributed by atoms with Gasteiger partial charge in [0.15, 0.2) is 6.29 Å². The fraction of sp³-hybridized carbons (Fsp3) is 0.979. The zero-order chi connectivity index (χ0) is 43.4. The molecule has 9 unspecified atom stereocenters. The summed E-state index contributed by atoms with van der Waals surface area (Å²) in [6, 6.07) is -1.16. The van der Waals surface area contributed by atoms with Gasteiger partial charge in [-0.05, 0) is 12.8 Å².